The normalized spacial score (nSPS) is 9.79. The number of esters is 1. The molecule has 0 aliphatic rings. The molecule has 1 aromatic heterocycles. The van der Waals surface area contributed by atoms with Crippen LogP contribution in [0.2, 0.25) is 0 Å². The van der Waals surface area contributed by atoms with Crippen LogP contribution >= 0.6 is 0 Å². The molecule has 76 valence electrons. The summed E-state index contributed by atoms with van der Waals surface area (Å²) < 4.78 is 9.95. The van der Waals surface area contributed by atoms with Gasteiger partial charge in [-0.3, -0.25) is 0 Å². The Bertz CT molecular complexity index is 312. The lowest BCUT2D eigenvalue weighted by Crippen LogP contribution is -2.03. The van der Waals surface area contributed by atoms with Crippen molar-refractivity contribution in [1.29, 1.82) is 0 Å². The minimum atomic E-state index is -0.488. The summed E-state index contributed by atoms with van der Waals surface area (Å²) in [4.78, 5) is 10.9. The molecule has 14 heavy (non-hydrogen) atoms. The molecule has 0 spiro atoms. The van der Waals surface area contributed by atoms with E-state index in [0.29, 0.717) is 5.95 Å². The van der Waals surface area contributed by atoms with Gasteiger partial charge in [0.1, 0.15) is 0 Å². The highest BCUT2D eigenvalue weighted by Crippen LogP contribution is 2.21. The van der Waals surface area contributed by atoms with Crippen LogP contribution in [0.3, 0.4) is 0 Å². The van der Waals surface area contributed by atoms with Crippen molar-refractivity contribution in [3.05, 3.63) is 30.5 Å². The molecule has 1 rings (SSSR count). The lowest BCUT2D eigenvalue weighted by Gasteiger charge is -2.00. The third kappa shape index (κ3) is 2.76. The highest BCUT2D eigenvalue weighted by atomic mass is 16.6. The monoisotopic (exact) mass is 194 g/mol. The standard InChI is InChI=1S/C11H14O3/c1-3-5-6-9-7-8-13-11(9)14-10(12)4-2/h4,7-8H,2-3,5-6H2,1H3. The zero-order chi connectivity index (χ0) is 10.4. The molecule has 0 radical (unpaired) electrons. The predicted octanol–water partition coefficient (Wildman–Crippen LogP) is 2.71. The zero-order valence-corrected chi connectivity index (χ0v) is 8.29. The van der Waals surface area contributed by atoms with Gasteiger partial charge in [0.25, 0.3) is 5.95 Å². The van der Waals surface area contributed by atoms with Crippen molar-refractivity contribution < 1.29 is 13.9 Å². The van der Waals surface area contributed by atoms with Gasteiger partial charge in [0.2, 0.25) is 0 Å². The maximum atomic E-state index is 10.9. The Hall–Kier alpha value is -1.51. The van der Waals surface area contributed by atoms with E-state index >= 15 is 0 Å². The number of ether oxygens (including phenoxy) is 1. The van der Waals surface area contributed by atoms with E-state index in [0.717, 1.165) is 30.9 Å². The van der Waals surface area contributed by atoms with Crippen LogP contribution in [-0.2, 0) is 11.2 Å². The van der Waals surface area contributed by atoms with Gasteiger partial charge in [-0.15, -0.1) is 0 Å². The van der Waals surface area contributed by atoms with Crippen molar-refractivity contribution in [2.75, 3.05) is 0 Å². The second-order valence-corrected chi connectivity index (χ2v) is 2.96. The maximum Gasteiger partial charge on any atom is 0.337 e. The molecule has 0 bridgehead atoms. The van der Waals surface area contributed by atoms with Crippen molar-refractivity contribution in [3.8, 4) is 5.95 Å². The van der Waals surface area contributed by atoms with Crippen molar-refractivity contribution in [2.24, 2.45) is 0 Å². The summed E-state index contributed by atoms with van der Waals surface area (Å²) in [5, 5.41) is 0. The number of carbonyl (C=O) groups excluding carboxylic acids is 1. The summed E-state index contributed by atoms with van der Waals surface area (Å²) in [6.45, 7) is 5.42. The van der Waals surface area contributed by atoms with Crippen LogP contribution in [0.5, 0.6) is 5.95 Å². The third-order valence-corrected chi connectivity index (χ3v) is 1.87. The molecule has 1 heterocycles. The van der Waals surface area contributed by atoms with E-state index < -0.39 is 5.97 Å². The van der Waals surface area contributed by atoms with Gasteiger partial charge in [-0.2, -0.15) is 0 Å². The Morgan fingerprint density at radius 1 is 1.71 bits per heavy atom. The molecule has 0 atom stereocenters. The Morgan fingerprint density at radius 3 is 3.14 bits per heavy atom. The second-order valence-electron chi connectivity index (χ2n) is 2.96. The first-order valence-electron chi connectivity index (χ1n) is 4.68. The van der Waals surface area contributed by atoms with Crippen LogP contribution in [-0.4, -0.2) is 5.97 Å². The van der Waals surface area contributed by atoms with E-state index in [2.05, 4.69) is 13.5 Å². The van der Waals surface area contributed by atoms with Crippen molar-refractivity contribution >= 4 is 5.97 Å². The summed E-state index contributed by atoms with van der Waals surface area (Å²) in [6, 6.07) is 1.82. The minimum absolute atomic E-state index is 0.295. The Labute approximate surface area is 83.4 Å². The largest absolute Gasteiger partial charge is 0.434 e. The topological polar surface area (TPSA) is 39.4 Å². The Morgan fingerprint density at radius 2 is 2.50 bits per heavy atom. The summed E-state index contributed by atoms with van der Waals surface area (Å²) in [5.74, 6) is -0.193. The third-order valence-electron chi connectivity index (χ3n) is 1.87. The molecule has 0 aliphatic heterocycles. The number of furan rings is 1. The lowest BCUT2D eigenvalue weighted by molar-refractivity contribution is -0.130. The number of unbranched alkanes of at least 4 members (excludes halogenated alkanes) is 1. The fraction of sp³-hybridized carbons (Fsp3) is 0.364. The Balaban J connectivity index is 2.62. The minimum Gasteiger partial charge on any atom is -0.434 e. The molecule has 1 aromatic rings. The molecule has 0 fully saturated rings. The van der Waals surface area contributed by atoms with Gasteiger partial charge in [-0.05, 0) is 18.9 Å². The molecular weight excluding hydrogens is 180 g/mol. The molecule has 0 amide bonds. The van der Waals surface area contributed by atoms with Gasteiger partial charge in [0.15, 0.2) is 0 Å². The van der Waals surface area contributed by atoms with Crippen LogP contribution in [0, 0.1) is 0 Å². The van der Waals surface area contributed by atoms with E-state index in [9.17, 15) is 4.79 Å². The molecular formula is C11H14O3. The highest BCUT2D eigenvalue weighted by Gasteiger charge is 2.09. The number of rotatable bonds is 5. The van der Waals surface area contributed by atoms with Crippen LogP contribution in [0.1, 0.15) is 25.3 Å². The van der Waals surface area contributed by atoms with Crippen molar-refractivity contribution in [3.63, 3.8) is 0 Å². The van der Waals surface area contributed by atoms with Crippen LogP contribution in [0.15, 0.2) is 29.4 Å². The van der Waals surface area contributed by atoms with E-state index in [1.165, 1.54) is 6.26 Å². The predicted molar refractivity (Wildman–Crippen MR) is 53.2 cm³/mol. The molecule has 0 aliphatic carbocycles. The first-order chi connectivity index (χ1) is 6.77. The van der Waals surface area contributed by atoms with E-state index in [1.54, 1.807) is 0 Å². The molecule has 0 unspecified atom stereocenters. The van der Waals surface area contributed by atoms with Gasteiger partial charge >= 0.3 is 5.97 Å². The molecule has 3 nitrogen and oxygen atoms in total. The van der Waals surface area contributed by atoms with Gasteiger partial charge < -0.3 is 9.15 Å². The van der Waals surface area contributed by atoms with Crippen LogP contribution in [0.4, 0.5) is 0 Å². The Kier molecular flexibility index (Phi) is 3.98. The maximum absolute atomic E-state index is 10.9. The molecule has 0 saturated carbocycles. The highest BCUT2D eigenvalue weighted by molar-refractivity contribution is 5.83. The fourth-order valence-electron chi connectivity index (χ4n) is 1.10. The quantitative estimate of drug-likeness (QED) is 0.534. The average molecular weight is 194 g/mol. The summed E-state index contributed by atoms with van der Waals surface area (Å²) in [5.41, 5.74) is 0.932. The first-order valence-corrected chi connectivity index (χ1v) is 4.68. The first kappa shape index (κ1) is 10.6. The number of hydrogen-bond donors (Lipinski definition) is 0. The molecule has 0 N–H and O–H groups in total. The van der Waals surface area contributed by atoms with E-state index in [1.807, 2.05) is 6.07 Å². The SMILES string of the molecule is C=CC(=O)Oc1occc1CCCC. The van der Waals surface area contributed by atoms with E-state index in [-0.39, 0.29) is 0 Å². The number of aryl methyl sites for hydroxylation is 1. The molecule has 3 heteroatoms. The average Bonchev–Trinajstić information content (AvgIpc) is 2.62. The lowest BCUT2D eigenvalue weighted by atomic mass is 10.1. The smallest absolute Gasteiger partial charge is 0.337 e. The van der Waals surface area contributed by atoms with Crippen molar-refractivity contribution in [2.45, 2.75) is 26.2 Å². The van der Waals surface area contributed by atoms with Crippen LogP contribution in [0.25, 0.3) is 0 Å². The fourth-order valence-corrected chi connectivity index (χ4v) is 1.10. The zero-order valence-electron chi connectivity index (χ0n) is 8.29. The summed E-state index contributed by atoms with van der Waals surface area (Å²) in [6.07, 6.45) is 5.66. The number of carbonyl (C=O) groups is 1. The number of hydrogen-bond acceptors (Lipinski definition) is 3. The molecule has 0 saturated heterocycles. The second kappa shape index (κ2) is 5.27. The summed E-state index contributed by atoms with van der Waals surface area (Å²) in [7, 11) is 0. The van der Waals surface area contributed by atoms with Crippen LogP contribution < -0.4 is 4.74 Å². The molecule has 0 aromatic carbocycles. The van der Waals surface area contributed by atoms with Crippen molar-refractivity contribution in [1.82, 2.24) is 0 Å². The van der Waals surface area contributed by atoms with Gasteiger partial charge in [-0.25, -0.2) is 4.79 Å². The van der Waals surface area contributed by atoms with Gasteiger partial charge in [0, 0.05) is 11.6 Å². The van der Waals surface area contributed by atoms with Gasteiger partial charge in [0.05, 0.1) is 6.26 Å². The summed E-state index contributed by atoms with van der Waals surface area (Å²) >= 11 is 0. The van der Waals surface area contributed by atoms with E-state index in [4.69, 9.17) is 9.15 Å². The van der Waals surface area contributed by atoms with Gasteiger partial charge in [-0.1, -0.05) is 19.9 Å².